The molecule has 208 valence electrons. The first kappa shape index (κ1) is 27.9. The van der Waals surface area contributed by atoms with Crippen LogP contribution in [0.25, 0.3) is 43.8 Å². The van der Waals surface area contributed by atoms with Gasteiger partial charge in [0, 0.05) is 31.2 Å². The number of hydrogen-bond acceptors (Lipinski definition) is 7. The molecule has 0 saturated heterocycles. The second kappa shape index (κ2) is 12.7. The predicted octanol–water partition coefficient (Wildman–Crippen LogP) is 6.89. The number of hydrogen-bond donors (Lipinski definition) is 1. The maximum atomic E-state index is 9.92. The van der Waals surface area contributed by atoms with Gasteiger partial charge >= 0.3 is 0 Å². The number of nitrogens with two attached hydrogens (primary N) is 1. The molecule has 0 heterocycles. The molecule has 2 N–H and O–H groups in total. The smallest absolute Gasteiger partial charge is 0.188 e. The van der Waals surface area contributed by atoms with Crippen LogP contribution in [0.4, 0.5) is 0 Å². The summed E-state index contributed by atoms with van der Waals surface area (Å²) in [6.45, 7) is 2.46. The molecule has 0 unspecified atom stereocenters. The van der Waals surface area contributed by atoms with Crippen LogP contribution < -0.4 is 19.9 Å². The molecule has 5 aromatic carbocycles. The van der Waals surface area contributed by atoms with Crippen molar-refractivity contribution in [3.8, 4) is 45.6 Å². The van der Waals surface area contributed by atoms with Gasteiger partial charge in [0.1, 0.15) is 23.9 Å². The Hall–Kier alpha value is -4.61. The van der Waals surface area contributed by atoms with Crippen LogP contribution in [0.15, 0.2) is 84.9 Å². The average Bonchev–Trinajstić information content (AvgIpc) is 3.00. The van der Waals surface area contributed by atoms with Gasteiger partial charge in [0.05, 0.1) is 17.2 Å². The van der Waals surface area contributed by atoms with Crippen LogP contribution in [0.3, 0.4) is 0 Å². The molecule has 0 bridgehead atoms. The molecule has 0 saturated carbocycles. The molecule has 1 atom stereocenters. The van der Waals surface area contributed by atoms with E-state index in [4.69, 9.17) is 29.4 Å². The van der Waals surface area contributed by atoms with Gasteiger partial charge in [0.2, 0.25) is 0 Å². The lowest BCUT2D eigenvalue weighted by atomic mass is 9.92. The minimum absolute atomic E-state index is 0.0982. The van der Waals surface area contributed by atoms with E-state index < -0.39 is 0 Å². The fourth-order valence-corrected chi connectivity index (χ4v) is 4.92. The summed E-state index contributed by atoms with van der Waals surface area (Å²) in [5, 5.41) is 13.8. The molecular formula is C34H32N2O5. The second-order valence-corrected chi connectivity index (χ2v) is 9.75. The molecule has 0 spiro atoms. The van der Waals surface area contributed by atoms with E-state index in [1.807, 2.05) is 79.7 Å². The zero-order valence-electron chi connectivity index (χ0n) is 23.3. The van der Waals surface area contributed by atoms with Crippen LogP contribution in [-0.4, -0.2) is 40.5 Å². The summed E-state index contributed by atoms with van der Waals surface area (Å²) in [6.07, 6.45) is 0. The number of ether oxygens (including phenoxy) is 5. The predicted molar refractivity (Wildman–Crippen MR) is 161 cm³/mol. The molecule has 0 fully saturated rings. The van der Waals surface area contributed by atoms with E-state index >= 15 is 0 Å². The van der Waals surface area contributed by atoms with Crippen LogP contribution in [0.2, 0.25) is 0 Å². The monoisotopic (exact) mass is 548 g/mol. The van der Waals surface area contributed by atoms with Crippen LogP contribution in [0.1, 0.15) is 12.5 Å². The summed E-state index contributed by atoms with van der Waals surface area (Å²) in [5.74, 6) is 1.96. The first-order valence-corrected chi connectivity index (χ1v) is 13.3. The fourth-order valence-electron chi connectivity index (χ4n) is 4.92. The second-order valence-electron chi connectivity index (χ2n) is 9.75. The molecule has 0 aliphatic rings. The Morgan fingerprint density at radius 2 is 1.39 bits per heavy atom. The highest BCUT2D eigenvalue weighted by atomic mass is 16.7. The van der Waals surface area contributed by atoms with Crippen molar-refractivity contribution in [2.45, 2.75) is 13.0 Å². The fraction of sp³-hybridized carbons (Fsp3) is 0.206. The Morgan fingerprint density at radius 1 is 0.707 bits per heavy atom. The number of nitriles is 1. The molecule has 0 radical (unpaired) electrons. The van der Waals surface area contributed by atoms with E-state index in [0.29, 0.717) is 29.4 Å². The molecule has 0 aliphatic heterocycles. The Bertz CT molecular complexity index is 1690. The first-order chi connectivity index (χ1) is 20.0. The van der Waals surface area contributed by atoms with E-state index in [9.17, 15) is 5.26 Å². The van der Waals surface area contributed by atoms with Gasteiger partial charge in [-0.25, -0.2) is 0 Å². The Labute approximate surface area is 239 Å². The number of methoxy groups -OCH3 is 2. The summed E-state index contributed by atoms with van der Waals surface area (Å²) in [6, 6.07) is 29.9. The summed E-state index contributed by atoms with van der Waals surface area (Å²) >= 11 is 0. The third kappa shape index (κ3) is 5.96. The van der Waals surface area contributed by atoms with Crippen LogP contribution >= 0.6 is 0 Å². The van der Waals surface area contributed by atoms with Crippen molar-refractivity contribution in [1.29, 1.82) is 5.26 Å². The van der Waals surface area contributed by atoms with Crippen molar-refractivity contribution >= 4 is 21.5 Å². The van der Waals surface area contributed by atoms with Crippen molar-refractivity contribution < 1.29 is 23.7 Å². The summed E-state index contributed by atoms with van der Waals surface area (Å²) in [7, 11) is 3.16. The summed E-state index contributed by atoms with van der Waals surface area (Å²) < 4.78 is 28.4. The maximum Gasteiger partial charge on any atom is 0.188 e. The van der Waals surface area contributed by atoms with E-state index in [0.717, 1.165) is 43.8 Å². The highest BCUT2D eigenvalue weighted by Gasteiger charge is 2.18. The summed E-state index contributed by atoms with van der Waals surface area (Å²) in [4.78, 5) is 0. The quantitative estimate of drug-likeness (QED) is 0.180. The Kier molecular flexibility index (Phi) is 8.66. The zero-order chi connectivity index (χ0) is 28.8. The topological polar surface area (TPSA) is 96.0 Å². The highest BCUT2D eigenvalue weighted by Crippen LogP contribution is 2.43. The molecule has 7 nitrogen and oxygen atoms in total. The minimum Gasteiger partial charge on any atom is -0.491 e. The van der Waals surface area contributed by atoms with E-state index in [1.165, 1.54) is 0 Å². The Balaban J connectivity index is 1.73. The highest BCUT2D eigenvalue weighted by molar-refractivity contribution is 6.04. The average molecular weight is 549 g/mol. The molecule has 0 amide bonds. The number of benzene rings is 5. The molecule has 0 aromatic heterocycles. The first-order valence-electron chi connectivity index (χ1n) is 13.3. The van der Waals surface area contributed by atoms with Gasteiger partial charge in [-0.1, -0.05) is 48.5 Å². The van der Waals surface area contributed by atoms with Gasteiger partial charge < -0.3 is 29.4 Å². The van der Waals surface area contributed by atoms with Gasteiger partial charge in [-0.15, -0.1) is 0 Å². The molecule has 0 aliphatic carbocycles. The molecule has 7 heteroatoms. The van der Waals surface area contributed by atoms with Gasteiger partial charge in [-0.2, -0.15) is 5.26 Å². The number of rotatable bonds is 11. The normalized spacial score (nSPS) is 11.8. The maximum absolute atomic E-state index is 9.92. The van der Waals surface area contributed by atoms with Gasteiger partial charge in [-0.05, 0) is 70.6 Å². The van der Waals surface area contributed by atoms with E-state index in [-0.39, 0.29) is 19.6 Å². The van der Waals surface area contributed by atoms with Crippen molar-refractivity contribution in [2.75, 3.05) is 34.4 Å². The van der Waals surface area contributed by atoms with Gasteiger partial charge in [-0.3, -0.25) is 0 Å². The molecular weight excluding hydrogens is 516 g/mol. The lowest BCUT2D eigenvalue weighted by Gasteiger charge is -2.18. The molecule has 5 rings (SSSR count). The van der Waals surface area contributed by atoms with Crippen molar-refractivity contribution in [3.05, 3.63) is 90.5 Å². The van der Waals surface area contributed by atoms with Crippen LogP contribution in [0.5, 0.6) is 17.2 Å². The molecule has 5 aromatic rings. The van der Waals surface area contributed by atoms with E-state index in [2.05, 4.69) is 18.2 Å². The van der Waals surface area contributed by atoms with Gasteiger partial charge in [0.15, 0.2) is 13.6 Å². The van der Waals surface area contributed by atoms with Crippen molar-refractivity contribution in [1.82, 2.24) is 0 Å². The number of nitrogens with zero attached hydrogens (tertiary/aromatic N) is 1. The van der Waals surface area contributed by atoms with Crippen molar-refractivity contribution in [2.24, 2.45) is 5.73 Å². The minimum atomic E-state index is -0.141. The van der Waals surface area contributed by atoms with Gasteiger partial charge in [0.25, 0.3) is 0 Å². The lowest BCUT2D eigenvalue weighted by molar-refractivity contribution is 0.0469. The largest absolute Gasteiger partial charge is 0.491 e. The number of fused-ring (bicyclic) bond motifs is 2. The third-order valence-corrected chi connectivity index (χ3v) is 6.70. The standard InChI is InChI=1S/C34H32N2O5/c1-22(36)19-39-32-17-24-13-14-25(34-30(40-20-37-2)11-6-12-31(34)41-21-38-3)15-27(24)16-29(32)28-10-5-8-23-7-4-9-26(18-35)33(23)28/h4-17,22H,19-21,36H2,1-3H3/t22-/m0/s1. The molecule has 41 heavy (non-hydrogen) atoms. The van der Waals surface area contributed by atoms with Crippen molar-refractivity contribution in [3.63, 3.8) is 0 Å². The van der Waals surface area contributed by atoms with E-state index in [1.54, 1.807) is 14.2 Å². The SMILES string of the molecule is COCOc1cccc(OCOC)c1-c1ccc2cc(OC[C@H](C)N)c(-c3cccc4cccc(C#N)c34)cc2c1. The zero-order valence-corrected chi connectivity index (χ0v) is 23.3. The lowest BCUT2D eigenvalue weighted by Crippen LogP contribution is -2.23. The third-order valence-electron chi connectivity index (χ3n) is 6.70. The van der Waals surface area contributed by atoms with Crippen LogP contribution in [-0.2, 0) is 9.47 Å². The summed E-state index contributed by atoms with van der Waals surface area (Å²) in [5.41, 5.74) is 10.1. The Morgan fingerprint density at radius 3 is 2.05 bits per heavy atom. The van der Waals surface area contributed by atoms with Crippen LogP contribution in [0, 0.1) is 11.3 Å².